The number of halogens is 1. The first-order chi connectivity index (χ1) is 5.01. The van der Waals surface area contributed by atoms with Gasteiger partial charge in [-0.1, -0.05) is 33.8 Å². The van der Waals surface area contributed by atoms with Crippen molar-refractivity contribution in [2.24, 2.45) is 11.8 Å². The molecule has 0 nitrogen and oxygen atoms in total. The van der Waals surface area contributed by atoms with Crippen LogP contribution >= 0.6 is 11.1 Å². The minimum Gasteiger partial charge on any atom is -0.175 e. The van der Waals surface area contributed by atoms with Crippen LogP contribution in [-0.2, 0) is 0 Å². The Morgan fingerprint density at radius 1 is 1.27 bits per heavy atom. The molecule has 0 amide bonds. The Morgan fingerprint density at radius 2 is 1.64 bits per heavy atom. The van der Waals surface area contributed by atoms with Gasteiger partial charge in [-0.3, -0.25) is 0 Å². The highest BCUT2D eigenvalue weighted by Crippen LogP contribution is 2.44. The van der Waals surface area contributed by atoms with Gasteiger partial charge in [0.05, 0.1) is 0 Å². The smallest absolute Gasteiger partial charge is 0.135 e. The van der Waals surface area contributed by atoms with Crippen LogP contribution in [0.1, 0.15) is 27.7 Å². The molecule has 0 aromatic heterocycles. The SMILES string of the molecule is C=CC([SiH2]Cl)(C(C)C)C(C)C. The van der Waals surface area contributed by atoms with E-state index >= 15 is 0 Å². The predicted octanol–water partition coefficient (Wildman–Crippen LogP) is 2.97. The topological polar surface area (TPSA) is 0 Å². The molecular weight excluding hydrogens is 172 g/mol. The zero-order valence-electron chi connectivity index (χ0n) is 8.02. The van der Waals surface area contributed by atoms with E-state index in [4.69, 9.17) is 11.1 Å². The molecule has 0 bridgehead atoms. The summed E-state index contributed by atoms with van der Waals surface area (Å²) in [7, 11) is -0.520. The Labute approximate surface area is 77.6 Å². The molecule has 0 radical (unpaired) electrons. The fourth-order valence-electron chi connectivity index (χ4n) is 1.50. The summed E-state index contributed by atoms with van der Waals surface area (Å²) in [5.74, 6) is 1.26. The molecule has 0 spiro atoms. The first-order valence-corrected chi connectivity index (χ1v) is 7.05. The molecule has 0 saturated heterocycles. The van der Waals surface area contributed by atoms with Gasteiger partial charge in [-0.15, -0.1) is 6.58 Å². The van der Waals surface area contributed by atoms with E-state index in [0.717, 1.165) is 0 Å². The molecular formula is C9H19ClSi. The summed E-state index contributed by atoms with van der Waals surface area (Å²) >= 11 is 6.08. The average molecular weight is 191 g/mol. The highest BCUT2D eigenvalue weighted by molar-refractivity contribution is 6.95. The molecule has 0 aromatic rings. The van der Waals surface area contributed by atoms with Gasteiger partial charge < -0.3 is 0 Å². The second kappa shape index (κ2) is 4.32. The van der Waals surface area contributed by atoms with Crippen molar-refractivity contribution in [2.75, 3.05) is 0 Å². The zero-order chi connectivity index (χ0) is 9.07. The van der Waals surface area contributed by atoms with Gasteiger partial charge >= 0.3 is 0 Å². The molecule has 0 N–H and O–H groups in total. The third-order valence-corrected chi connectivity index (χ3v) is 6.53. The van der Waals surface area contributed by atoms with E-state index in [0.29, 0.717) is 11.8 Å². The van der Waals surface area contributed by atoms with Crippen LogP contribution in [0, 0.1) is 11.8 Å². The van der Waals surface area contributed by atoms with Crippen molar-refractivity contribution < 1.29 is 0 Å². The largest absolute Gasteiger partial charge is 0.175 e. The van der Waals surface area contributed by atoms with Gasteiger partial charge in [-0.2, -0.15) is 11.1 Å². The van der Waals surface area contributed by atoms with E-state index in [9.17, 15) is 0 Å². The monoisotopic (exact) mass is 190 g/mol. The summed E-state index contributed by atoms with van der Waals surface area (Å²) in [6, 6.07) is 0. The Balaban J connectivity index is 4.60. The van der Waals surface area contributed by atoms with Crippen molar-refractivity contribution in [2.45, 2.75) is 32.7 Å². The van der Waals surface area contributed by atoms with Crippen molar-refractivity contribution in [3.8, 4) is 0 Å². The number of rotatable bonds is 4. The lowest BCUT2D eigenvalue weighted by Gasteiger charge is -2.36. The van der Waals surface area contributed by atoms with Crippen LogP contribution in [0.4, 0.5) is 0 Å². The van der Waals surface area contributed by atoms with Gasteiger partial charge in [0.1, 0.15) is 8.83 Å². The quantitative estimate of drug-likeness (QED) is 0.363. The lowest BCUT2D eigenvalue weighted by atomic mass is 9.84. The van der Waals surface area contributed by atoms with Crippen LogP contribution in [0.2, 0.25) is 5.04 Å². The van der Waals surface area contributed by atoms with Crippen molar-refractivity contribution in [3.63, 3.8) is 0 Å². The van der Waals surface area contributed by atoms with Gasteiger partial charge in [0.25, 0.3) is 0 Å². The zero-order valence-corrected chi connectivity index (χ0v) is 10.2. The maximum Gasteiger partial charge on any atom is 0.135 e. The predicted molar refractivity (Wildman–Crippen MR) is 57.0 cm³/mol. The van der Waals surface area contributed by atoms with Crippen LogP contribution in [0.5, 0.6) is 0 Å². The molecule has 0 aliphatic heterocycles. The van der Waals surface area contributed by atoms with E-state index in [1.54, 1.807) is 0 Å². The summed E-state index contributed by atoms with van der Waals surface area (Å²) in [6.45, 7) is 12.8. The van der Waals surface area contributed by atoms with Gasteiger partial charge in [-0.05, 0) is 16.9 Å². The minimum atomic E-state index is -0.520. The highest BCUT2D eigenvalue weighted by atomic mass is 35.6. The second-order valence-electron chi connectivity index (χ2n) is 3.76. The summed E-state index contributed by atoms with van der Waals surface area (Å²) in [5, 5.41) is 0.252. The Bertz CT molecular complexity index is 122. The van der Waals surface area contributed by atoms with E-state index in [1.165, 1.54) is 0 Å². The standard InChI is InChI=1S/C9H19ClSi/c1-6-9(11-10,7(2)3)8(4)5/h6-8H,1,11H2,2-5H3. The molecule has 0 unspecified atom stereocenters. The Kier molecular flexibility index (Phi) is 4.41. The van der Waals surface area contributed by atoms with Crippen LogP contribution in [0.25, 0.3) is 0 Å². The molecule has 11 heavy (non-hydrogen) atoms. The molecule has 0 fully saturated rings. The minimum absolute atomic E-state index is 0.252. The normalized spacial score (nSPS) is 13.7. The van der Waals surface area contributed by atoms with E-state index in [2.05, 4.69) is 40.3 Å². The maximum atomic E-state index is 6.08. The summed E-state index contributed by atoms with van der Waals surface area (Å²) in [4.78, 5) is 0. The second-order valence-corrected chi connectivity index (χ2v) is 6.05. The van der Waals surface area contributed by atoms with Crippen LogP contribution in [0.3, 0.4) is 0 Å². The lowest BCUT2D eigenvalue weighted by Crippen LogP contribution is -2.27. The molecule has 0 aliphatic carbocycles. The molecule has 0 atom stereocenters. The third-order valence-electron chi connectivity index (χ3n) is 2.76. The van der Waals surface area contributed by atoms with Crippen molar-refractivity contribution in [1.29, 1.82) is 0 Å². The van der Waals surface area contributed by atoms with Gasteiger partial charge in [0.15, 0.2) is 0 Å². The fraction of sp³-hybridized carbons (Fsp3) is 0.778. The molecule has 2 heteroatoms. The molecule has 66 valence electrons. The van der Waals surface area contributed by atoms with Crippen molar-refractivity contribution in [1.82, 2.24) is 0 Å². The molecule has 0 saturated carbocycles. The first kappa shape index (κ1) is 11.2. The molecule has 0 aromatic carbocycles. The number of hydrogen-bond donors (Lipinski definition) is 0. The van der Waals surface area contributed by atoms with E-state index in [-0.39, 0.29) is 5.04 Å². The third kappa shape index (κ3) is 2.09. The van der Waals surface area contributed by atoms with Crippen molar-refractivity contribution in [3.05, 3.63) is 12.7 Å². The van der Waals surface area contributed by atoms with E-state index in [1.807, 2.05) is 0 Å². The Hall–Kier alpha value is 0.247. The first-order valence-electron chi connectivity index (χ1n) is 4.20. The van der Waals surface area contributed by atoms with Gasteiger partial charge in [0.2, 0.25) is 0 Å². The molecule has 0 rings (SSSR count). The fourth-order valence-corrected chi connectivity index (χ4v) is 4.41. The average Bonchev–Trinajstić information content (AvgIpc) is 1.90. The molecule has 0 heterocycles. The molecule has 0 aliphatic rings. The van der Waals surface area contributed by atoms with Crippen LogP contribution < -0.4 is 0 Å². The van der Waals surface area contributed by atoms with Gasteiger partial charge in [-0.25, -0.2) is 0 Å². The van der Waals surface area contributed by atoms with Crippen LogP contribution in [0.15, 0.2) is 12.7 Å². The lowest BCUT2D eigenvalue weighted by molar-refractivity contribution is 0.377. The maximum absolute atomic E-state index is 6.08. The summed E-state index contributed by atoms with van der Waals surface area (Å²) in [6.07, 6.45) is 2.07. The summed E-state index contributed by atoms with van der Waals surface area (Å²) < 4.78 is 0. The highest BCUT2D eigenvalue weighted by Gasteiger charge is 2.33. The van der Waals surface area contributed by atoms with Crippen molar-refractivity contribution >= 4 is 19.9 Å². The Morgan fingerprint density at radius 3 is 1.64 bits per heavy atom. The van der Waals surface area contributed by atoms with E-state index < -0.39 is 8.83 Å². The van der Waals surface area contributed by atoms with Gasteiger partial charge in [0, 0.05) is 0 Å². The number of allylic oxidation sites excluding steroid dienone is 1. The summed E-state index contributed by atoms with van der Waals surface area (Å²) in [5.41, 5.74) is 0. The number of hydrogen-bond acceptors (Lipinski definition) is 0. The van der Waals surface area contributed by atoms with Crippen LogP contribution in [-0.4, -0.2) is 8.83 Å².